The van der Waals surface area contributed by atoms with Gasteiger partial charge in [0.25, 0.3) is 5.91 Å². The number of nitrogens with zero attached hydrogens (tertiary/aromatic N) is 1. The summed E-state index contributed by atoms with van der Waals surface area (Å²) in [7, 11) is 0. The summed E-state index contributed by atoms with van der Waals surface area (Å²) < 4.78 is 5.81. The van der Waals surface area contributed by atoms with E-state index in [4.69, 9.17) is 21.8 Å². The molecule has 2 aromatic carbocycles. The minimum atomic E-state index is -0.486. The third kappa shape index (κ3) is 4.26. The fourth-order valence-electron chi connectivity index (χ4n) is 2.65. The van der Waals surface area contributed by atoms with Crippen molar-refractivity contribution in [2.45, 2.75) is 0 Å². The summed E-state index contributed by atoms with van der Waals surface area (Å²) in [5, 5.41) is 3.67. The number of rotatable bonds is 4. The van der Waals surface area contributed by atoms with Gasteiger partial charge in [0.1, 0.15) is 11.5 Å². The van der Waals surface area contributed by atoms with E-state index >= 15 is 0 Å². The van der Waals surface area contributed by atoms with Crippen molar-refractivity contribution in [2.24, 2.45) is 10.7 Å². The number of para-hydroxylation sites is 1. The molecule has 3 aromatic rings. The Labute approximate surface area is 175 Å². The first-order valence-electron chi connectivity index (χ1n) is 8.54. The van der Waals surface area contributed by atoms with Crippen LogP contribution in [0, 0.1) is 0 Å². The predicted molar refractivity (Wildman–Crippen MR) is 115 cm³/mol. The van der Waals surface area contributed by atoms with Crippen LogP contribution in [0.5, 0.6) is 0 Å². The number of thioether (sulfide) groups is 1. The minimum Gasteiger partial charge on any atom is -0.457 e. The summed E-state index contributed by atoms with van der Waals surface area (Å²) in [6.45, 7) is 0. The predicted octanol–water partition coefficient (Wildman–Crippen LogP) is 4.59. The van der Waals surface area contributed by atoms with Gasteiger partial charge in [-0.25, -0.2) is 4.99 Å². The van der Waals surface area contributed by atoms with Gasteiger partial charge in [-0.05, 0) is 48.2 Å². The largest absolute Gasteiger partial charge is 0.457 e. The quantitative estimate of drug-likeness (QED) is 0.599. The summed E-state index contributed by atoms with van der Waals surface area (Å²) >= 11 is 7.32. The summed E-state index contributed by atoms with van der Waals surface area (Å²) in [4.78, 5) is 28.3. The molecule has 2 amide bonds. The van der Waals surface area contributed by atoms with Crippen molar-refractivity contribution in [1.82, 2.24) is 5.32 Å². The van der Waals surface area contributed by atoms with E-state index in [2.05, 4.69) is 10.3 Å². The van der Waals surface area contributed by atoms with E-state index in [1.165, 1.54) is 11.8 Å². The molecule has 29 heavy (non-hydrogen) atoms. The van der Waals surface area contributed by atoms with Crippen molar-refractivity contribution in [3.63, 3.8) is 0 Å². The molecule has 1 aliphatic heterocycles. The fourth-order valence-corrected chi connectivity index (χ4v) is 3.64. The lowest BCUT2D eigenvalue weighted by atomic mass is 10.1. The molecule has 0 aliphatic carbocycles. The van der Waals surface area contributed by atoms with Crippen molar-refractivity contribution in [3.8, 4) is 11.3 Å². The molecule has 3 N–H and O–H groups in total. The number of nitrogens with one attached hydrogen (secondary N) is 1. The summed E-state index contributed by atoms with van der Waals surface area (Å²) in [5.74, 6) is 0.390. The Balaban J connectivity index is 1.54. The zero-order valence-electron chi connectivity index (χ0n) is 14.9. The smallest absolute Gasteiger partial charge is 0.264 e. The first-order valence-corrected chi connectivity index (χ1v) is 9.73. The molecule has 0 atom stereocenters. The van der Waals surface area contributed by atoms with E-state index in [0.717, 1.165) is 5.56 Å². The van der Waals surface area contributed by atoms with Crippen molar-refractivity contribution in [1.29, 1.82) is 0 Å². The van der Waals surface area contributed by atoms with Gasteiger partial charge in [-0.1, -0.05) is 35.9 Å². The molecule has 1 aromatic heterocycles. The van der Waals surface area contributed by atoms with Crippen LogP contribution in [-0.4, -0.2) is 17.0 Å². The van der Waals surface area contributed by atoms with Crippen molar-refractivity contribution in [2.75, 3.05) is 0 Å². The minimum absolute atomic E-state index is 0.260. The molecule has 2 heterocycles. The number of carbonyl (C=O) groups is 2. The third-order valence-electron chi connectivity index (χ3n) is 4.08. The highest BCUT2D eigenvalue weighted by Crippen LogP contribution is 2.32. The number of aliphatic imine (C=N–C) groups is 1. The van der Waals surface area contributed by atoms with Gasteiger partial charge in [-0.15, -0.1) is 0 Å². The van der Waals surface area contributed by atoms with Crippen LogP contribution in [0.4, 0.5) is 5.69 Å². The second-order valence-electron chi connectivity index (χ2n) is 6.08. The number of nitrogens with two attached hydrogens (primary N) is 1. The van der Waals surface area contributed by atoms with Gasteiger partial charge in [0.05, 0.1) is 15.6 Å². The molecular formula is C21H14ClN3O3S. The molecule has 6 nitrogen and oxygen atoms in total. The Bertz CT molecular complexity index is 1170. The van der Waals surface area contributed by atoms with Crippen LogP contribution in [0.1, 0.15) is 16.1 Å². The molecule has 1 saturated heterocycles. The Morgan fingerprint density at radius 1 is 1.10 bits per heavy atom. The molecule has 144 valence electrons. The molecule has 4 rings (SSSR count). The summed E-state index contributed by atoms with van der Waals surface area (Å²) in [6, 6.07) is 17.5. The van der Waals surface area contributed by atoms with Crippen LogP contribution in [0.3, 0.4) is 0 Å². The molecule has 0 radical (unpaired) electrons. The van der Waals surface area contributed by atoms with Gasteiger partial charge in [0.15, 0.2) is 5.17 Å². The van der Waals surface area contributed by atoms with E-state index in [9.17, 15) is 9.59 Å². The molecule has 0 unspecified atom stereocenters. The molecule has 1 fully saturated rings. The molecular weight excluding hydrogens is 410 g/mol. The van der Waals surface area contributed by atoms with Crippen LogP contribution in [0.15, 0.2) is 75.0 Å². The van der Waals surface area contributed by atoms with Crippen LogP contribution in [-0.2, 0) is 4.79 Å². The fraction of sp³-hybridized carbons (Fsp3) is 0. The highest BCUT2D eigenvalue weighted by molar-refractivity contribution is 8.18. The molecule has 0 spiro atoms. The maximum absolute atomic E-state index is 12.2. The summed E-state index contributed by atoms with van der Waals surface area (Å²) in [6.07, 6.45) is 1.65. The number of furan rings is 1. The first kappa shape index (κ1) is 19.0. The molecule has 0 bridgehead atoms. The molecule has 0 saturated carbocycles. The van der Waals surface area contributed by atoms with E-state index in [1.54, 1.807) is 54.6 Å². The Hall–Kier alpha value is -3.29. The van der Waals surface area contributed by atoms with Gasteiger partial charge >= 0.3 is 0 Å². The zero-order chi connectivity index (χ0) is 20.4. The molecule has 8 heteroatoms. The average Bonchev–Trinajstić information content (AvgIpc) is 3.31. The van der Waals surface area contributed by atoms with Gasteiger partial charge in [-0.3, -0.25) is 9.59 Å². The lowest BCUT2D eigenvalue weighted by Crippen LogP contribution is -2.19. The van der Waals surface area contributed by atoms with Crippen LogP contribution >= 0.6 is 23.4 Å². The van der Waals surface area contributed by atoms with Crippen LogP contribution in [0.2, 0.25) is 5.02 Å². The maximum Gasteiger partial charge on any atom is 0.264 e. The number of amidine groups is 1. The van der Waals surface area contributed by atoms with E-state index < -0.39 is 5.91 Å². The van der Waals surface area contributed by atoms with E-state index in [-0.39, 0.29) is 5.91 Å². The number of amides is 2. The highest BCUT2D eigenvalue weighted by Gasteiger charge is 2.24. The SMILES string of the molecule is NC(=O)c1ccc(-c2ccc(/C=C3/SC(=Nc4ccccc4Cl)NC3=O)o2)cc1. The van der Waals surface area contributed by atoms with Crippen molar-refractivity contribution in [3.05, 3.63) is 81.9 Å². The third-order valence-corrected chi connectivity index (χ3v) is 5.31. The van der Waals surface area contributed by atoms with Crippen molar-refractivity contribution >= 4 is 52.1 Å². The lowest BCUT2D eigenvalue weighted by Gasteiger charge is -1.99. The Kier molecular flexibility index (Phi) is 5.24. The van der Waals surface area contributed by atoms with E-state index in [0.29, 0.717) is 37.9 Å². The second kappa shape index (κ2) is 7.98. The zero-order valence-corrected chi connectivity index (χ0v) is 16.5. The van der Waals surface area contributed by atoms with Gasteiger partial charge in [-0.2, -0.15) is 0 Å². The summed E-state index contributed by atoms with van der Waals surface area (Å²) in [5.41, 5.74) is 7.05. The monoisotopic (exact) mass is 423 g/mol. The number of hydrogen-bond acceptors (Lipinski definition) is 5. The standard InChI is InChI=1S/C21H14ClN3O3S/c22-15-3-1-2-4-16(15)24-21-25-20(27)18(29-21)11-14-9-10-17(28-14)12-5-7-13(8-6-12)19(23)26/h1-11H,(H2,23,26)(H,24,25,27)/b18-11+. The Morgan fingerprint density at radius 3 is 2.59 bits per heavy atom. The van der Waals surface area contributed by atoms with Gasteiger partial charge < -0.3 is 15.5 Å². The maximum atomic E-state index is 12.2. The number of hydrogen-bond donors (Lipinski definition) is 2. The number of benzene rings is 2. The topological polar surface area (TPSA) is 97.7 Å². The average molecular weight is 424 g/mol. The van der Waals surface area contributed by atoms with E-state index in [1.807, 2.05) is 12.1 Å². The normalized spacial score (nSPS) is 16.4. The molecule has 1 aliphatic rings. The first-order chi connectivity index (χ1) is 14.0. The van der Waals surface area contributed by atoms with Crippen molar-refractivity contribution < 1.29 is 14.0 Å². The van der Waals surface area contributed by atoms with Gasteiger partial charge in [0.2, 0.25) is 5.91 Å². The Morgan fingerprint density at radius 2 is 1.86 bits per heavy atom. The van der Waals surface area contributed by atoms with Crippen LogP contribution < -0.4 is 11.1 Å². The number of carbonyl (C=O) groups excluding carboxylic acids is 2. The second-order valence-corrected chi connectivity index (χ2v) is 7.51. The number of primary amides is 1. The highest BCUT2D eigenvalue weighted by atomic mass is 35.5. The number of halogens is 1. The lowest BCUT2D eigenvalue weighted by molar-refractivity contribution is -0.115. The van der Waals surface area contributed by atoms with Gasteiger partial charge in [0, 0.05) is 17.2 Å². The van der Waals surface area contributed by atoms with Crippen LogP contribution in [0.25, 0.3) is 17.4 Å².